The number of methoxy groups -OCH3 is 1. The molecule has 1 aliphatic carbocycles. The average molecular weight is 281 g/mol. The summed E-state index contributed by atoms with van der Waals surface area (Å²) in [5, 5.41) is 0. The van der Waals surface area contributed by atoms with Crippen molar-refractivity contribution >= 4 is 15.9 Å². The minimum absolute atomic E-state index is 0.561. The van der Waals surface area contributed by atoms with Gasteiger partial charge in [-0.2, -0.15) is 0 Å². The molecule has 0 N–H and O–H groups in total. The Balaban J connectivity index is 2.17. The van der Waals surface area contributed by atoms with Crippen molar-refractivity contribution in [2.75, 3.05) is 7.11 Å². The van der Waals surface area contributed by atoms with E-state index in [1.54, 1.807) is 7.11 Å². The molecule has 0 unspecified atom stereocenters. The highest BCUT2D eigenvalue weighted by Gasteiger charge is 2.23. The van der Waals surface area contributed by atoms with Crippen LogP contribution in [-0.4, -0.2) is 11.9 Å². The number of alkyl halides is 1. The molecule has 0 aromatic heterocycles. The predicted molar refractivity (Wildman–Crippen MR) is 71.4 cm³/mol. The molecule has 0 bridgehead atoms. The molecule has 0 aliphatic heterocycles. The molecular formula is C14H17BrO. The predicted octanol–water partition coefficient (Wildman–Crippen LogP) is 4.28. The van der Waals surface area contributed by atoms with E-state index in [9.17, 15) is 0 Å². The van der Waals surface area contributed by atoms with E-state index in [1.165, 1.54) is 11.1 Å². The van der Waals surface area contributed by atoms with Gasteiger partial charge in [0.15, 0.2) is 0 Å². The second-order valence-corrected chi connectivity index (χ2v) is 5.56. The zero-order valence-corrected chi connectivity index (χ0v) is 11.3. The lowest BCUT2D eigenvalue weighted by Gasteiger charge is -2.26. The molecule has 2 atom stereocenters. The Morgan fingerprint density at radius 1 is 1.25 bits per heavy atom. The lowest BCUT2D eigenvalue weighted by Crippen LogP contribution is -2.16. The Morgan fingerprint density at radius 2 is 1.94 bits per heavy atom. The van der Waals surface area contributed by atoms with E-state index < -0.39 is 0 Å². The molecular weight excluding hydrogens is 264 g/mol. The highest BCUT2D eigenvalue weighted by molar-refractivity contribution is 9.09. The molecule has 1 aromatic carbocycles. The van der Waals surface area contributed by atoms with E-state index in [1.807, 2.05) is 12.1 Å². The van der Waals surface area contributed by atoms with Gasteiger partial charge >= 0.3 is 0 Å². The molecule has 16 heavy (non-hydrogen) atoms. The minimum Gasteiger partial charge on any atom is -0.497 e. The summed E-state index contributed by atoms with van der Waals surface area (Å²) in [5.74, 6) is 1.52. The van der Waals surface area contributed by atoms with Crippen LogP contribution in [0.2, 0.25) is 0 Å². The van der Waals surface area contributed by atoms with Crippen LogP contribution in [0.3, 0.4) is 0 Å². The summed E-state index contributed by atoms with van der Waals surface area (Å²) in [6, 6.07) is 8.43. The molecule has 0 spiro atoms. The fourth-order valence-corrected chi connectivity index (χ4v) is 3.24. The highest BCUT2D eigenvalue weighted by Crippen LogP contribution is 2.37. The fraction of sp³-hybridized carbons (Fsp3) is 0.429. The van der Waals surface area contributed by atoms with E-state index in [0.717, 1.165) is 18.6 Å². The van der Waals surface area contributed by atoms with Crippen LogP contribution in [0.25, 0.3) is 0 Å². The Kier molecular flexibility index (Phi) is 3.70. The first kappa shape index (κ1) is 11.7. The van der Waals surface area contributed by atoms with Crippen LogP contribution in [0.15, 0.2) is 35.9 Å². The summed E-state index contributed by atoms with van der Waals surface area (Å²) in [7, 11) is 1.70. The van der Waals surface area contributed by atoms with Gasteiger partial charge in [-0.1, -0.05) is 39.7 Å². The van der Waals surface area contributed by atoms with Crippen LogP contribution >= 0.6 is 15.9 Å². The lowest BCUT2D eigenvalue weighted by atomic mass is 9.85. The number of rotatable bonds is 2. The standard InChI is InChI=1S/C14H17BrO/c1-10-3-8-13(14(15)9-10)11-4-6-12(16-2)7-5-11/h3-7,13-14H,8-9H2,1-2H3/t13-,14+/m0/s1. The molecule has 2 heteroatoms. The first-order chi connectivity index (χ1) is 7.70. The zero-order valence-electron chi connectivity index (χ0n) is 9.74. The Labute approximate surface area is 106 Å². The second-order valence-electron chi connectivity index (χ2n) is 4.39. The molecule has 0 radical (unpaired) electrons. The third-order valence-corrected chi connectivity index (χ3v) is 4.18. The van der Waals surface area contributed by atoms with Crippen molar-refractivity contribution in [2.45, 2.75) is 30.5 Å². The first-order valence-corrected chi connectivity index (χ1v) is 6.56. The number of hydrogen-bond acceptors (Lipinski definition) is 1. The van der Waals surface area contributed by atoms with Crippen LogP contribution in [0.1, 0.15) is 31.2 Å². The summed E-state index contributed by atoms with van der Waals surface area (Å²) in [6.45, 7) is 2.21. The molecule has 1 aliphatic rings. The minimum atomic E-state index is 0.561. The molecule has 0 amide bonds. The van der Waals surface area contributed by atoms with Gasteiger partial charge in [0.2, 0.25) is 0 Å². The van der Waals surface area contributed by atoms with Gasteiger partial charge in [-0.05, 0) is 37.5 Å². The number of halogens is 1. The summed E-state index contributed by atoms with van der Waals surface area (Å²) in [4.78, 5) is 0.561. The number of benzene rings is 1. The SMILES string of the molecule is COc1ccc([C@@H]2CC=C(C)C[C@H]2Br)cc1. The van der Waals surface area contributed by atoms with Gasteiger partial charge in [-0.3, -0.25) is 0 Å². The summed E-state index contributed by atoms with van der Waals surface area (Å²) in [5.41, 5.74) is 2.89. The molecule has 1 aromatic rings. The maximum Gasteiger partial charge on any atom is 0.118 e. The molecule has 0 heterocycles. The van der Waals surface area contributed by atoms with Gasteiger partial charge < -0.3 is 4.74 Å². The molecule has 86 valence electrons. The van der Waals surface area contributed by atoms with Crippen molar-refractivity contribution in [3.8, 4) is 5.75 Å². The summed E-state index contributed by atoms with van der Waals surface area (Å²) < 4.78 is 5.18. The molecule has 0 saturated heterocycles. The lowest BCUT2D eigenvalue weighted by molar-refractivity contribution is 0.414. The molecule has 0 saturated carbocycles. The number of ether oxygens (including phenoxy) is 1. The van der Waals surface area contributed by atoms with Gasteiger partial charge in [0.25, 0.3) is 0 Å². The quantitative estimate of drug-likeness (QED) is 0.580. The normalized spacial score (nSPS) is 25.1. The van der Waals surface area contributed by atoms with Crippen molar-refractivity contribution in [1.29, 1.82) is 0 Å². The third kappa shape index (κ3) is 2.49. The summed E-state index contributed by atoms with van der Waals surface area (Å²) >= 11 is 3.80. The van der Waals surface area contributed by atoms with Crippen molar-refractivity contribution in [3.63, 3.8) is 0 Å². The molecule has 1 nitrogen and oxygen atoms in total. The summed E-state index contributed by atoms with van der Waals surface area (Å²) in [6.07, 6.45) is 4.64. The molecule has 0 fully saturated rings. The van der Waals surface area contributed by atoms with Crippen LogP contribution < -0.4 is 4.74 Å². The van der Waals surface area contributed by atoms with E-state index in [4.69, 9.17) is 4.74 Å². The zero-order chi connectivity index (χ0) is 11.5. The van der Waals surface area contributed by atoms with Crippen LogP contribution in [0.5, 0.6) is 5.75 Å². The average Bonchev–Trinajstić information content (AvgIpc) is 2.29. The topological polar surface area (TPSA) is 9.23 Å². The van der Waals surface area contributed by atoms with Gasteiger partial charge in [0.05, 0.1) is 7.11 Å². The third-order valence-electron chi connectivity index (χ3n) is 3.22. The van der Waals surface area contributed by atoms with E-state index in [2.05, 4.69) is 41.1 Å². The van der Waals surface area contributed by atoms with Crippen LogP contribution in [0, 0.1) is 0 Å². The number of hydrogen-bond donors (Lipinski definition) is 0. The van der Waals surface area contributed by atoms with Gasteiger partial charge in [-0.25, -0.2) is 0 Å². The smallest absolute Gasteiger partial charge is 0.118 e. The van der Waals surface area contributed by atoms with Crippen molar-refractivity contribution in [3.05, 3.63) is 41.5 Å². The van der Waals surface area contributed by atoms with Gasteiger partial charge in [0, 0.05) is 10.7 Å². The van der Waals surface area contributed by atoms with Gasteiger partial charge in [-0.15, -0.1) is 0 Å². The fourth-order valence-electron chi connectivity index (χ4n) is 2.20. The van der Waals surface area contributed by atoms with E-state index >= 15 is 0 Å². The maximum atomic E-state index is 5.18. The van der Waals surface area contributed by atoms with Crippen molar-refractivity contribution in [1.82, 2.24) is 0 Å². The maximum absolute atomic E-state index is 5.18. The van der Waals surface area contributed by atoms with Crippen molar-refractivity contribution in [2.24, 2.45) is 0 Å². The van der Waals surface area contributed by atoms with Crippen LogP contribution in [0.4, 0.5) is 0 Å². The van der Waals surface area contributed by atoms with Gasteiger partial charge in [0.1, 0.15) is 5.75 Å². The largest absolute Gasteiger partial charge is 0.497 e. The van der Waals surface area contributed by atoms with Crippen LogP contribution in [-0.2, 0) is 0 Å². The van der Waals surface area contributed by atoms with Crippen molar-refractivity contribution < 1.29 is 4.74 Å². The Morgan fingerprint density at radius 3 is 2.50 bits per heavy atom. The highest BCUT2D eigenvalue weighted by atomic mass is 79.9. The van der Waals surface area contributed by atoms with E-state index in [0.29, 0.717) is 10.7 Å². The van der Waals surface area contributed by atoms with E-state index in [-0.39, 0.29) is 0 Å². The molecule has 2 rings (SSSR count). The Hall–Kier alpha value is -0.760. The first-order valence-electron chi connectivity index (χ1n) is 5.64. The second kappa shape index (κ2) is 5.05. The Bertz CT molecular complexity index is 380. The number of allylic oxidation sites excluding steroid dienone is 2. The monoisotopic (exact) mass is 280 g/mol.